The predicted molar refractivity (Wildman–Crippen MR) is 64.2 cm³/mol. The molecule has 16 heavy (non-hydrogen) atoms. The van der Waals surface area contributed by atoms with E-state index >= 15 is 0 Å². The van der Waals surface area contributed by atoms with Gasteiger partial charge in [0.25, 0.3) is 0 Å². The normalized spacial score (nSPS) is 19.0. The Labute approximate surface area is 97.1 Å². The molecule has 0 heterocycles. The summed E-state index contributed by atoms with van der Waals surface area (Å²) in [6.45, 7) is 2.22. The highest BCUT2D eigenvalue weighted by Crippen LogP contribution is 2.46. The first-order valence-electron chi connectivity index (χ1n) is 5.57. The van der Waals surface area contributed by atoms with Crippen LogP contribution in [0.2, 0.25) is 0 Å². The molecule has 1 fully saturated rings. The molecular formula is C12H17O3P. The van der Waals surface area contributed by atoms with Gasteiger partial charge >= 0.3 is 8.60 Å². The average molecular weight is 240 g/mol. The highest BCUT2D eigenvalue weighted by molar-refractivity contribution is 7.39. The van der Waals surface area contributed by atoms with E-state index in [9.17, 15) is 0 Å². The summed E-state index contributed by atoms with van der Waals surface area (Å²) in [5, 5.41) is 0. The topological polar surface area (TPSA) is 49.7 Å². The van der Waals surface area contributed by atoms with Crippen LogP contribution in [0.4, 0.5) is 0 Å². The summed E-state index contributed by atoms with van der Waals surface area (Å²) in [6, 6.07) is 7.67. The lowest BCUT2D eigenvalue weighted by Crippen LogP contribution is -2.17. The highest BCUT2D eigenvalue weighted by Gasteiger charge is 2.33. The van der Waals surface area contributed by atoms with Gasteiger partial charge in [-0.05, 0) is 24.3 Å². The lowest BCUT2D eigenvalue weighted by atomic mass is 9.80. The minimum atomic E-state index is -2.33. The van der Waals surface area contributed by atoms with E-state index in [-0.39, 0.29) is 5.41 Å². The van der Waals surface area contributed by atoms with E-state index in [2.05, 4.69) is 6.92 Å². The monoisotopic (exact) mass is 240 g/mol. The molecule has 0 radical (unpaired) electrons. The summed E-state index contributed by atoms with van der Waals surface area (Å²) in [7, 11) is -2.33. The number of rotatable bonds is 3. The molecule has 0 amide bonds. The zero-order chi connectivity index (χ0) is 11.6. The van der Waals surface area contributed by atoms with E-state index in [1.807, 2.05) is 18.2 Å². The zero-order valence-electron chi connectivity index (χ0n) is 9.39. The van der Waals surface area contributed by atoms with Crippen molar-refractivity contribution in [3.8, 4) is 5.75 Å². The van der Waals surface area contributed by atoms with Crippen LogP contribution in [0.3, 0.4) is 0 Å². The minimum Gasteiger partial charge on any atom is -0.427 e. The van der Waals surface area contributed by atoms with Crippen LogP contribution in [-0.4, -0.2) is 9.79 Å². The van der Waals surface area contributed by atoms with Gasteiger partial charge in [-0.1, -0.05) is 38.0 Å². The van der Waals surface area contributed by atoms with Gasteiger partial charge in [0, 0.05) is 5.56 Å². The van der Waals surface area contributed by atoms with Crippen molar-refractivity contribution >= 4 is 8.60 Å². The fourth-order valence-corrected chi connectivity index (χ4v) is 2.89. The van der Waals surface area contributed by atoms with Crippen molar-refractivity contribution < 1.29 is 14.3 Å². The maximum absolute atomic E-state index is 8.96. The van der Waals surface area contributed by atoms with Crippen molar-refractivity contribution in [2.45, 2.75) is 38.0 Å². The number of para-hydroxylation sites is 1. The summed E-state index contributed by atoms with van der Waals surface area (Å²) in [5.41, 5.74) is 1.23. The predicted octanol–water partition coefficient (Wildman–Crippen LogP) is 3.11. The number of hydrogen-bond acceptors (Lipinski definition) is 3. The standard InChI is InChI=1S/C12H17O3P/c1-12(8-4-5-9-12)10-6-2-3-7-11(10)15-16(13)14/h2-3,6-7,13-14H,4-5,8-9H2,1H3. The second kappa shape index (κ2) is 4.70. The van der Waals surface area contributed by atoms with Gasteiger partial charge < -0.3 is 14.3 Å². The molecule has 0 atom stereocenters. The fourth-order valence-electron chi connectivity index (χ4n) is 2.56. The van der Waals surface area contributed by atoms with E-state index in [0.29, 0.717) is 5.75 Å². The number of hydrogen-bond donors (Lipinski definition) is 2. The van der Waals surface area contributed by atoms with E-state index < -0.39 is 8.60 Å². The molecule has 0 saturated heterocycles. The molecule has 4 heteroatoms. The molecule has 1 saturated carbocycles. The summed E-state index contributed by atoms with van der Waals surface area (Å²) in [5.74, 6) is 0.614. The van der Waals surface area contributed by atoms with Gasteiger partial charge in [-0.25, -0.2) is 0 Å². The van der Waals surface area contributed by atoms with Crippen LogP contribution in [0.5, 0.6) is 5.75 Å². The Morgan fingerprint density at radius 2 is 1.81 bits per heavy atom. The molecule has 1 aromatic carbocycles. The van der Waals surface area contributed by atoms with Crippen molar-refractivity contribution in [2.24, 2.45) is 0 Å². The number of benzene rings is 1. The lowest BCUT2D eigenvalue weighted by molar-refractivity contribution is 0.366. The largest absolute Gasteiger partial charge is 0.427 e. The Hall–Kier alpha value is -0.630. The Bertz CT molecular complexity index is 359. The first kappa shape index (κ1) is 11.8. The molecule has 2 N–H and O–H groups in total. The lowest BCUT2D eigenvalue weighted by Gasteiger charge is -2.26. The van der Waals surface area contributed by atoms with Crippen molar-refractivity contribution in [1.29, 1.82) is 0 Å². The first-order valence-corrected chi connectivity index (χ1v) is 6.74. The van der Waals surface area contributed by atoms with Gasteiger partial charge in [-0.3, -0.25) is 0 Å². The third kappa shape index (κ3) is 2.37. The van der Waals surface area contributed by atoms with E-state index in [4.69, 9.17) is 14.3 Å². The van der Waals surface area contributed by atoms with Gasteiger partial charge in [0.2, 0.25) is 0 Å². The molecule has 2 rings (SSSR count). The molecule has 3 nitrogen and oxygen atoms in total. The molecule has 1 aromatic rings. The second-order valence-electron chi connectivity index (χ2n) is 4.61. The van der Waals surface area contributed by atoms with Crippen molar-refractivity contribution in [1.82, 2.24) is 0 Å². The summed E-state index contributed by atoms with van der Waals surface area (Å²) >= 11 is 0. The Kier molecular flexibility index (Phi) is 3.48. The average Bonchev–Trinajstić information content (AvgIpc) is 2.66. The third-order valence-corrected chi connectivity index (χ3v) is 3.78. The van der Waals surface area contributed by atoms with E-state index in [0.717, 1.165) is 18.4 Å². The molecule has 1 aliphatic rings. The molecule has 0 aliphatic heterocycles. The molecule has 0 bridgehead atoms. The quantitative estimate of drug-likeness (QED) is 0.798. The van der Waals surface area contributed by atoms with E-state index in [1.165, 1.54) is 12.8 Å². The minimum absolute atomic E-state index is 0.127. The van der Waals surface area contributed by atoms with Crippen molar-refractivity contribution in [3.63, 3.8) is 0 Å². The Morgan fingerprint density at radius 1 is 1.19 bits per heavy atom. The van der Waals surface area contributed by atoms with Crippen LogP contribution in [-0.2, 0) is 5.41 Å². The van der Waals surface area contributed by atoms with Crippen LogP contribution in [0.1, 0.15) is 38.2 Å². The van der Waals surface area contributed by atoms with Crippen LogP contribution >= 0.6 is 8.60 Å². The van der Waals surface area contributed by atoms with Gasteiger partial charge in [0.1, 0.15) is 5.75 Å². The Balaban J connectivity index is 2.32. The van der Waals surface area contributed by atoms with Gasteiger partial charge in [0.05, 0.1) is 0 Å². The zero-order valence-corrected chi connectivity index (χ0v) is 10.3. The van der Waals surface area contributed by atoms with Crippen LogP contribution < -0.4 is 4.52 Å². The van der Waals surface area contributed by atoms with E-state index in [1.54, 1.807) is 6.07 Å². The third-order valence-electron chi connectivity index (χ3n) is 3.42. The van der Waals surface area contributed by atoms with Crippen molar-refractivity contribution in [3.05, 3.63) is 29.8 Å². The highest BCUT2D eigenvalue weighted by atomic mass is 31.2. The van der Waals surface area contributed by atoms with Crippen LogP contribution in [0.15, 0.2) is 24.3 Å². The maximum atomic E-state index is 8.96. The fraction of sp³-hybridized carbons (Fsp3) is 0.500. The molecule has 1 aliphatic carbocycles. The first-order chi connectivity index (χ1) is 7.62. The molecule has 0 unspecified atom stereocenters. The van der Waals surface area contributed by atoms with Gasteiger partial charge in [-0.2, -0.15) is 0 Å². The molecule has 0 aromatic heterocycles. The van der Waals surface area contributed by atoms with Crippen LogP contribution in [0.25, 0.3) is 0 Å². The van der Waals surface area contributed by atoms with Gasteiger partial charge in [0.15, 0.2) is 0 Å². The molecule has 0 spiro atoms. The maximum Gasteiger partial charge on any atom is 0.391 e. The smallest absolute Gasteiger partial charge is 0.391 e. The Morgan fingerprint density at radius 3 is 2.44 bits per heavy atom. The van der Waals surface area contributed by atoms with Crippen molar-refractivity contribution in [2.75, 3.05) is 0 Å². The van der Waals surface area contributed by atoms with Crippen LogP contribution in [0, 0.1) is 0 Å². The SMILES string of the molecule is CC1(c2ccccc2OP(O)O)CCCC1. The molecular weight excluding hydrogens is 223 g/mol. The van der Waals surface area contributed by atoms with Gasteiger partial charge in [-0.15, -0.1) is 0 Å². The summed E-state index contributed by atoms with van der Waals surface area (Å²) < 4.78 is 5.10. The second-order valence-corrected chi connectivity index (χ2v) is 5.30. The summed E-state index contributed by atoms with van der Waals surface area (Å²) in [6.07, 6.45) is 4.75. The summed E-state index contributed by atoms with van der Waals surface area (Å²) in [4.78, 5) is 17.9. The molecule has 88 valence electrons.